The topological polar surface area (TPSA) is 162 Å². The number of nitrogens with one attached hydrogen (secondary N) is 2. The van der Waals surface area contributed by atoms with E-state index in [1.54, 1.807) is 6.92 Å². The normalized spacial score (nSPS) is 20.4. The van der Waals surface area contributed by atoms with Gasteiger partial charge in [0.15, 0.2) is 0 Å². The van der Waals surface area contributed by atoms with Gasteiger partial charge in [-0.3, -0.25) is 14.4 Å². The molecule has 0 bridgehead atoms. The van der Waals surface area contributed by atoms with E-state index in [-0.39, 0.29) is 11.8 Å². The number of aliphatic carboxylic acids is 1. The van der Waals surface area contributed by atoms with Gasteiger partial charge in [0.25, 0.3) is 0 Å². The number of nitrogens with two attached hydrogens (primary N) is 1. The smallest absolute Gasteiger partial charge is 0.326 e. The van der Waals surface area contributed by atoms with Crippen molar-refractivity contribution in [2.24, 2.45) is 17.6 Å². The summed E-state index contributed by atoms with van der Waals surface area (Å²) < 4.78 is 0. The second-order valence-corrected chi connectivity index (χ2v) is 8.38. The number of amides is 3. The summed E-state index contributed by atoms with van der Waals surface area (Å²) in [7, 11) is 0. The number of hydrogen-bond acceptors (Lipinski definition) is 6. The van der Waals surface area contributed by atoms with Crippen LogP contribution in [0.1, 0.15) is 53.4 Å². The zero-order valence-electron chi connectivity index (χ0n) is 18.3. The molecule has 0 aromatic rings. The second kappa shape index (κ2) is 11.8. The van der Waals surface area contributed by atoms with E-state index in [1.807, 2.05) is 20.8 Å². The molecular formula is C20H36N4O6. The number of carbonyl (C=O) groups excluding carboxylic acids is 3. The number of carbonyl (C=O) groups is 4. The van der Waals surface area contributed by atoms with E-state index in [1.165, 1.54) is 4.90 Å². The Balaban J connectivity index is 2.93. The molecule has 3 amide bonds. The van der Waals surface area contributed by atoms with Crippen molar-refractivity contribution in [3.63, 3.8) is 0 Å². The summed E-state index contributed by atoms with van der Waals surface area (Å²) in [5, 5.41) is 23.8. The maximum atomic E-state index is 12.9. The molecule has 5 atom stereocenters. The SMILES string of the molecule is CCC(C)C(NC(=O)C(CC(C)C)NC(=O)C1CCCN1C(=O)C(N)CO)C(=O)O. The Hall–Kier alpha value is -2.20. The van der Waals surface area contributed by atoms with Crippen LogP contribution in [0.4, 0.5) is 0 Å². The van der Waals surface area contributed by atoms with Crippen LogP contribution >= 0.6 is 0 Å². The zero-order chi connectivity index (χ0) is 23.0. The Morgan fingerprint density at radius 1 is 1.17 bits per heavy atom. The molecule has 6 N–H and O–H groups in total. The van der Waals surface area contributed by atoms with Gasteiger partial charge in [-0.1, -0.05) is 34.1 Å². The Bertz CT molecular complexity index is 626. The average Bonchev–Trinajstić information content (AvgIpc) is 3.18. The van der Waals surface area contributed by atoms with Crippen LogP contribution < -0.4 is 16.4 Å². The predicted octanol–water partition coefficient (Wildman–Crippen LogP) is -0.557. The largest absolute Gasteiger partial charge is 0.480 e. The minimum absolute atomic E-state index is 0.0667. The van der Waals surface area contributed by atoms with Crippen LogP contribution in [-0.2, 0) is 19.2 Å². The van der Waals surface area contributed by atoms with Gasteiger partial charge in [-0.25, -0.2) is 4.79 Å². The number of rotatable bonds is 11. The summed E-state index contributed by atoms with van der Waals surface area (Å²) in [4.78, 5) is 50.9. The van der Waals surface area contributed by atoms with Crippen molar-refractivity contribution in [1.29, 1.82) is 0 Å². The molecule has 0 saturated carbocycles. The third kappa shape index (κ3) is 6.94. The number of aliphatic hydroxyl groups is 1. The van der Waals surface area contributed by atoms with Crippen LogP contribution in [0.5, 0.6) is 0 Å². The lowest BCUT2D eigenvalue weighted by Crippen LogP contribution is -2.57. The third-order valence-corrected chi connectivity index (χ3v) is 5.47. The number of carboxylic acids is 1. The monoisotopic (exact) mass is 428 g/mol. The van der Waals surface area contributed by atoms with Gasteiger partial charge >= 0.3 is 5.97 Å². The van der Waals surface area contributed by atoms with Crippen LogP contribution in [0.2, 0.25) is 0 Å². The van der Waals surface area contributed by atoms with E-state index in [9.17, 15) is 24.3 Å². The molecule has 0 aliphatic carbocycles. The van der Waals surface area contributed by atoms with E-state index in [4.69, 9.17) is 10.8 Å². The molecule has 0 aromatic heterocycles. The van der Waals surface area contributed by atoms with Crippen molar-refractivity contribution >= 4 is 23.7 Å². The molecule has 1 rings (SSSR count). The summed E-state index contributed by atoms with van der Waals surface area (Å²) in [6.45, 7) is 7.18. The van der Waals surface area contributed by atoms with Gasteiger partial charge in [0.1, 0.15) is 24.2 Å². The summed E-state index contributed by atoms with van der Waals surface area (Å²) in [5.41, 5.74) is 5.61. The van der Waals surface area contributed by atoms with E-state index in [2.05, 4.69) is 10.6 Å². The molecule has 1 saturated heterocycles. The number of hydrogen-bond donors (Lipinski definition) is 5. The summed E-state index contributed by atoms with van der Waals surface area (Å²) in [5.74, 6) is -2.89. The average molecular weight is 429 g/mol. The van der Waals surface area contributed by atoms with E-state index in [0.29, 0.717) is 32.2 Å². The molecule has 10 heteroatoms. The molecule has 1 aliphatic rings. The molecular weight excluding hydrogens is 392 g/mol. The van der Waals surface area contributed by atoms with Crippen LogP contribution in [0.15, 0.2) is 0 Å². The maximum Gasteiger partial charge on any atom is 0.326 e. The number of likely N-dealkylation sites (tertiary alicyclic amines) is 1. The lowest BCUT2D eigenvalue weighted by atomic mass is 9.97. The molecule has 5 unspecified atom stereocenters. The van der Waals surface area contributed by atoms with Crippen molar-refractivity contribution in [2.75, 3.05) is 13.2 Å². The molecule has 1 heterocycles. The fraction of sp³-hybridized carbons (Fsp3) is 0.800. The molecule has 0 aromatic carbocycles. The molecule has 0 radical (unpaired) electrons. The van der Waals surface area contributed by atoms with Crippen LogP contribution in [0.3, 0.4) is 0 Å². The Labute approximate surface area is 177 Å². The number of aliphatic hydroxyl groups excluding tert-OH is 1. The van der Waals surface area contributed by atoms with Crippen LogP contribution in [-0.4, -0.2) is 76.1 Å². The van der Waals surface area contributed by atoms with E-state index in [0.717, 1.165) is 0 Å². The minimum Gasteiger partial charge on any atom is -0.480 e. The highest BCUT2D eigenvalue weighted by atomic mass is 16.4. The van der Waals surface area contributed by atoms with Gasteiger partial charge in [0.2, 0.25) is 17.7 Å². The van der Waals surface area contributed by atoms with Crippen molar-refractivity contribution in [2.45, 2.75) is 77.5 Å². The van der Waals surface area contributed by atoms with E-state index >= 15 is 0 Å². The molecule has 172 valence electrons. The minimum atomic E-state index is -1.13. The first-order valence-electron chi connectivity index (χ1n) is 10.5. The quantitative estimate of drug-likeness (QED) is 0.295. The van der Waals surface area contributed by atoms with Gasteiger partial charge in [0.05, 0.1) is 6.61 Å². The molecule has 1 fully saturated rings. The van der Waals surface area contributed by atoms with Gasteiger partial charge in [-0.15, -0.1) is 0 Å². The van der Waals surface area contributed by atoms with Crippen molar-refractivity contribution in [3.8, 4) is 0 Å². The third-order valence-electron chi connectivity index (χ3n) is 5.47. The summed E-state index contributed by atoms with van der Waals surface area (Å²) >= 11 is 0. The maximum absolute atomic E-state index is 12.9. The van der Waals surface area contributed by atoms with Crippen LogP contribution in [0, 0.1) is 11.8 Å². The standard InChI is InChI=1S/C20H36N4O6/c1-5-12(4)16(20(29)30)23-17(26)14(9-11(2)3)22-18(27)15-7-6-8-24(15)19(28)13(21)10-25/h11-16,25H,5-10,21H2,1-4H3,(H,22,27)(H,23,26)(H,29,30). The highest BCUT2D eigenvalue weighted by Gasteiger charge is 2.38. The highest BCUT2D eigenvalue weighted by Crippen LogP contribution is 2.19. The summed E-state index contributed by atoms with van der Waals surface area (Å²) in [6, 6.07) is -3.85. The predicted molar refractivity (Wildman–Crippen MR) is 110 cm³/mol. The van der Waals surface area contributed by atoms with Gasteiger partial charge < -0.3 is 31.5 Å². The molecule has 30 heavy (non-hydrogen) atoms. The first-order chi connectivity index (χ1) is 14.0. The highest BCUT2D eigenvalue weighted by molar-refractivity contribution is 5.94. The van der Waals surface area contributed by atoms with Crippen molar-refractivity contribution < 1.29 is 29.4 Å². The second-order valence-electron chi connectivity index (χ2n) is 8.38. The number of nitrogens with zero attached hydrogens (tertiary/aromatic N) is 1. The fourth-order valence-electron chi connectivity index (χ4n) is 3.50. The Kier molecular flexibility index (Phi) is 10.2. The van der Waals surface area contributed by atoms with Gasteiger partial charge in [0, 0.05) is 6.54 Å². The molecule has 1 aliphatic heterocycles. The first-order valence-corrected chi connectivity index (χ1v) is 10.5. The lowest BCUT2D eigenvalue weighted by Gasteiger charge is -2.29. The lowest BCUT2D eigenvalue weighted by molar-refractivity contribution is -0.144. The van der Waals surface area contributed by atoms with Gasteiger partial charge in [-0.05, 0) is 31.1 Å². The Morgan fingerprint density at radius 3 is 2.30 bits per heavy atom. The molecule has 0 spiro atoms. The van der Waals surface area contributed by atoms with Crippen molar-refractivity contribution in [3.05, 3.63) is 0 Å². The van der Waals surface area contributed by atoms with E-state index < -0.39 is 54.5 Å². The first kappa shape index (κ1) is 25.8. The fourth-order valence-corrected chi connectivity index (χ4v) is 3.50. The van der Waals surface area contributed by atoms with Crippen LogP contribution in [0.25, 0.3) is 0 Å². The van der Waals surface area contributed by atoms with Gasteiger partial charge in [-0.2, -0.15) is 0 Å². The Morgan fingerprint density at radius 2 is 1.80 bits per heavy atom. The summed E-state index contributed by atoms with van der Waals surface area (Å²) in [6.07, 6.45) is 1.93. The zero-order valence-corrected chi connectivity index (χ0v) is 18.3. The number of carboxylic acid groups (broad SMARTS) is 1. The molecule has 10 nitrogen and oxygen atoms in total. The van der Waals surface area contributed by atoms with Crippen molar-refractivity contribution in [1.82, 2.24) is 15.5 Å².